The summed E-state index contributed by atoms with van der Waals surface area (Å²) >= 11 is 0. The molecule has 0 radical (unpaired) electrons. The molecule has 4 unspecified atom stereocenters. The van der Waals surface area contributed by atoms with E-state index in [2.05, 4.69) is 17.6 Å². The average molecular weight is 714 g/mol. The molecule has 1 saturated carbocycles. The quantitative estimate of drug-likeness (QED) is 0.0795. The van der Waals surface area contributed by atoms with E-state index in [0.29, 0.717) is 12.1 Å². The number of hydrogen-bond donors (Lipinski definition) is 7. The first-order chi connectivity index (χ1) is 21.9. The highest BCUT2D eigenvalue weighted by atomic mass is 35.5. The molecule has 0 bridgehead atoms. The highest BCUT2D eigenvalue weighted by molar-refractivity contribution is 6.24. The van der Waals surface area contributed by atoms with E-state index in [9.17, 15) is 39.6 Å². The Labute approximate surface area is 294 Å². The number of benzene rings is 1. The number of nitrogens with zero attached hydrogens (tertiary/aromatic N) is 1. The summed E-state index contributed by atoms with van der Waals surface area (Å²) in [5, 5.41) is 50.9. The van der Waals surface area contributed by atoms with Crippen molar-refractivity contribution in [3.05, 3.63) is 40.2 Å². The first kappa shape index (κ1) is 41.0. The number of aliphatic hydroxyl groups is 3. The monoisotopic (exact) mass is 712 g/mol. The number of anilines is 1. The second-order valence-corrected chi connectivity index (χ2v) is 13.0. The largest absolute Gasteiger partial charge is 0.508 e. The zero-order valence-electron chi connectivity index (χ0n) is 27.8. The van der Waals surface area contributed by atoms with Crippen LogP contribution in [0.25, 0.3) is 5.76 Å². The highest BCUT2D eigenvalue weighted by Gasteiger charge is 2.64. The smallest absolute Gasteiger partial charge is 0.255 e. The molecule has 0 heterocycles. The van der Waals surface area contributed by atoms with Gasteiger partial charge >= 0.3 is 0 Å². The standard InChI is InChI=1S/C34H48N4O8.2ClH/c1-4-5-6-7-8-9-10-11-12-15-36-18-23(39)37-22-14-13-19-16-20-17-21-27(38(2)3)30(42)26(33(35)45)32(44)34(21,46)31(43)25(20)29(41)24(19)28(22)40;;/h13-14,20-21,27,36,40-41,44,46H,4-12,15-18H2,1-3H3,(H2,35,45)(H,37,39);2*1H. The number of primary amides is 1. The molecule has 0 aliphatic heterocycles. The third-order valence-corrected chi connectivity index (χ3v) is 9.61. The van der Waals surface area contributed by atoms with Crippen molar-refractivity contribution in [2.45, 2.75) is 89.2 Å². The summed E-state index contributed by atoms with van der Waals surface area (Å²) in [5.74, 6) is -7.55. The van der Waals surface area contributed by atoms with Gasteiger partial charge in [-0.1, -0.05) is 64.4 Å². The zero-order chi connectivity index (χ0) is 33.8. The number of carbonyl (C=O) groups excluding carboxylic acids is 4. The molecular weight excluding hydrogens is 663 g/mol. The number of nitrogens with one attached hydrogen (secondary N) is 2. The molecule has 1 aromatic carbocycles. The normalized spacial score (nSPS) is 23.1. The number of phenols is 1. The third kappa shape index (κ3) is 8.00. The number of halogens is 2. The van der Waals surface area contributed by atoms with E-state index in [1.807, 2.05) is 0 Å². The fraction of sp³-hybridized carbons (Fsp3) is 0.588. The Balaban J connectivity index is 0.00000400. The second kappa shape index (κ2) is 17.5. The van der Waals surface area contributed by atoms with E-state index in [-0.39, 0.29) is 61.0 Å². The van der Waals surface area contributed by atoms with Crippen LogP contribution in [0.4, 0.5) is 5.69 Å². The molecule has 14 heteroatoms. The van der Waals surface area contributed by atoms with Crippen LogP contribution in [-0.2, 0) is 25.6 Å². The fourth-order valence-electron chi connectivity index (χ4n) is 7.28. The van der Waals surface area contributed by atoms with Crippen LogP contribution in [0.1, 0.15) is 82.3 Å². The number of amides is 2. The van der Waals surface area contributed by atoms with Gasteiger partial charge in [0.15, 0.2) is 11.4 Å². The molecule has 3 aliphatic carbocycles. The van der Waals surface area contributed by atoms with Crippen LogP contribution in [0.3, 0.4) is 0 Å². The topological polar surface area (TPSA) is 203 Å². The molecule has 1 fully saturated rings. The molecule has 0 spiro atoms. The summed E-state index contributed by atoms with van der Waals surface area (Å²) < 4.78 is 0. The average Bonchev–Trinajstić information content (AvgIpc) is 2.98. The number of hydrogen-bond acceptors (Lipinski definition) is 10. The van der Waals surface area contributed by atoms with Crippen LogP contribution in [0.15, 0.2) is 29.0 Å². The number of nitrogens with two attached hydrogens (primary N) is 1. The van der Waals surface area contributed by atoms with Crippen molar-refractivity contribution in [1.82, 2.24) is 10.2 Å². The van der Waals surface area contributed by atoms with Gasteiger partial charge in [-0.3, -0.25) is 24.1 Å². The first-order valence-electron chi connectivity index (χ1n) is 16.4. The molecule has 4 rings (SSSR count). The molecule has 0 saturated heterocycles. The number of phenolic OH excluding ortho intramolecular Hbond substituents is 1. The van der Waals surface area contributed by atoms with Crippen molar-refractivity contribution in [2.75, 3.05) is 32.5 Å². The fourth-order valence-corrected chi connectivity index (χ4v) is 7.28. The summed E-state index contributed by atoms with van der Waals surface area (Å²) in [5.41, 5.74) is 2.03. The molecule has 1 aromatic rings. The Morgan fingerprint density at radius 2 is 1.58 bits per heavy atom. The number of aromatic hydroxyl groups is 1. The Morgan fingerprint density at radius 1 is 0.979 bits per heavy atom. The van der Waals surface area contributed by atoms with Crippen LogP contribution in [0.5, 0.6) is 5.75 Å². The van der Waals surface area contributed by atoms with Gasteiger partial charge in [0.05, 0.1) is 23.8 Å². The van der Waals surface area contributed by atoms with Crippen molar-refractivity contribution >= 4 is 59.6 Å². The van der Waals surface area contributed by atoms with Crippen molar-refractivity contribution < 1.29 is 39.6 Å². The van der Waals surface area contributed by atoms with Gasteiger partial charge in [-0.25, -0.2) is 0 Å². The Kier molecular flexibility index (Phi) is 14.9. The molecule has 3 aliphatic rings. The molecule has 4 atom stereocenters. The Hall–Kier alpha value is -3.16. The SMILES string of the molecule is CCCCCCCCCCCNCC(=O)Nc1ccc2c(c1O)C(O)=C1C(=O)C3(O)C(O)=C(C(N)=O)C(=O)C(N(C)C)C3CC1C2.Cl.Cl. The summed E-state index contributed by atoms with van der Waals surface area (Å²) in [6.45, 7) is 2.91. The predicted molar refractivity (Wildman–Crippen MR) is 187 cm³/mol. The molecule has 2 amide bonds. The number of rotatable bonds is 15. The summed E-state index contributed by atoms with van der Waals surface area (Å²) in [7, 11) is 3.10. The van der Waals surface area contributed by atoms with E-state index in [4.69, 9.17) is 5.73 Å². The van der Waals surface area contributed by atoms with Gasteiger partial charge in [0, 0.05) is 11.5 Å². The zero-order valence-corrected chi connectivity index (χ0v) is 29.5. The van der Waals surface area contributed by atoms with Gasteiger partial charge < -0.3 is 36.8 Å². The number of fused-ring (bicyclic) bond motifs is 3. The molecular formula is C34H50Cl2N4O8. The highest BCUT2D eigenvalue weighted by Crippen LogP contribution is 2.53. The van der Waals surface area contributed by atoms with Gasteiger partial charge in [0.25, 0.3) is 5.91 Å². The first-order valence-corrected chi connectivity index (χ1v) is 16.4. The maximum absolute atomic E-state index is 13.9. The van der Waals surface area contributed by atoms with Crippen molar-refractivity contribution in [3.63, 3.8) is 0 Å². The number of Topliss-reactive ketones (excluding diaryl/α,β-unsaturated/α-hetero) is 2. The lowest BCUT2D eigenvalue weighted by atomic mass is 9.57. The van der Waals surface area contributed by atoms with Crippen LogP contribution in [0, 0.1) is 11.8 Å². The maximum atomic E-state index is 13.9. The minimum Gasteiger partial charge on any atom is -0.508 e. The van der Waals surface area contributed by atoms with E-state index in [1.165, 1.54) is 55.9 Å². The van der Waals surface area contributed by atoms with E-state index in [0.717, 1.165) is 12.8 Å². The predicted octanol–water partition coefficient (Wildman–Crippen LogP) is 3.87. The van der Waals surface area contributed by atoms with Gasteiger partial charge in [-0.15, -0.1) is 24.8 Å². The van der Waals surface area contributed by atoms with Crippen molar-refractivity contribution in [2.24, 2.45) is 17.6 Å². The van der Waals surface area contributed by atoms with Gasteiger partial charge in [0.1, 0.15) is 22.8 Å². The van der Waals surface area contributed by atoms with Gasteiger partial charge in [-0.05, 0) is 57.5 Å². The van der Waals surface area contributed by atoms with Crippen LogP contribution >= 0.6 is 24.8 Å². The summed E-state index contributed by atoms with van der Waals surface area (Å²) in [6.07, 6.45) is 11.0. The van der Waals surface area contributed by atoms with E-state index >= 15 is 0 Å². The second-order valence-electron chi connectivity index (χ2n) is 13.0. The maximum Gasteiger partial charge on any atom is 0.255 e. The minimum absolute atomic E-state index is 0. The molecule has 48 heavy (non-hydrogen) atoms. The lowest BCUT2D eigenvalue weighted by molar-refractivity contribution is -0.153. The van der Waals surface area contributed by atoms with E-state index in [1.54, 1.807) is 20.2 Å². The molecule has 0 aromatic heterocycles. The molecule has 12 nitrogen and oxygen atoms in total. The number of aliphatic hydroxyl groups excluding tert-OH is 2. The minimum atomic E-state index is -2.70. The van der Waals surface area contributed by atoms with Crippen molar-refractivity contribution in [1.29, 1.82) is 0 Å². The molecule has 268 valence electrons. The van der Waals surface area contributed by atoms with Crippen LogP contribution in [0.2, 0.25) is 0 Å². The van der Waals surface area contributed by atoms with E-state index < -0.39 is 69.7 Å². The van der Waals surface area contributed by atoms with Crippen molar-refractivity contribution in [3.8, 4) is 5.75 Å². The molecule has 8 N–H and O–H groups in total. The third-order valence-electron chi connectivity index (χ3n) is 9.61. The summed E-state index contributed by atoms with van der Waals surface area (Å²) in [4.78, 5) is 53.3. The number of ketones is 2. The summed E-state index contributed by atoms with van der Waals surface area (Å²) in [6, 6.07) is 2.01. The lowest BCUT2D eigenvalue weighted by Crippen LogP contribution is -2.65. The van der Waals surface area contributed by atoms with Crippen LogP contribution < -0.4 is 16.4 Å². The van der Waals surface area contributed by atoms with Gasteiger partial charge in [0.2, 0.25) is 11.7 Å². The van der Waals surface area contributed by atoms with Gasteiger partial charge in [-0.2, -0.15) is 0 Å². The van der Waals surface area contributed by atoms with Crippen LogP contribution in [-0.4, -0.2) is 87.5 Å². The Morgan fingerprint density at radius 3 is 2.17 bits per heavy atom. The number of likely N-dealkylation sites (N-methyl/N-ethyl adjacent to an activating group) is 1. The number of unbranched alkanes of at least 4 members (excludes halogenated alkanes) is 8. The Bertz CT molecular complexity index is 1450. The number of carbonyl (C=O) groups is 4. The lowest BCUT2D eigenvalue weighted by Gasteiger charge is -2.50.